The maximum absolute atomic E-state index is 13.3. The van der Waals surface area contributed by atoms with Crippen molar-refractivity contribution in [1.29, 1.82) is 0 Å². The summed E-state index contributed by atoms with van der Waals surface area (Å²) in [5, 5.41) is 0. The van der Waals surface area contributed by atoms with E-state index in [1.807, 2.05) is 0 Å². The lowest BCUT2D eigenvalue weighted by molar-refractivity contribution is -0.167. The lowest BCUT2D eigenvalue weighted by atomic mass is 9.83. The van der Waals surface area contributed by atoms with Crippen molar-refractivity contribution in [1.82, 2.24) is 0 Å². The number of carbonyl (C=O) groups excluding carboxylic acids is 1. The first-order valence-corrected chi connectivity index (χ1v) is 5.48. The molecule has 1 fully saturated rings. The molecule has 0 spiro atoms. The molecule has 94 valence electrons. The predicted octanol–water partition coefficient (Wildman–Crippen LogP) is 2.09. The molecule has 1 aliphatic carbocycles. The summed E-state index contributed by atoms with van der Waals surface area (Å²) in [6.45, 7) is 5.16. The summed E-state index contributed by atoms with van der Waals surface area (Å²) < 4.78 is 31.7. The van der Waals surface area contributed by atoms with Gasteiger partial charge >= 0.3 is 5.97 Å². The number of hydrogen-bond acceptors (Lipinski definition) is 3. The minimum absolute atomic E-state index is 0.164. The van der Waals surface area contributed by atoms with E-state index >= 15 is 0 Å². The first-order valence-electron chi connectivity index (χ1n) is 5.48. The first-order chi connectivity index (χ1) is 7.12. The molecule has 5 heteroatoms. The van der Waals surface area contributed by atoms with Crippen LogP contribution in [0, 0.1) is 5.92 Å². The van der Waals surface area contributed by atoms with Gasteiger partial charge in [0.05, 0.1) is 12.0 Å². The van der Waals surface area contributed by atoms with Crippen LogP contribution in [0.15, 0.2) is 0 Å². The summed E-state index contributed by atoms with van der Waals surface area (Å²) in [6, 6.07) is -1.13. The lowest BCUT2D eigenvalue weighted by Crippen LogP contribution is -2.48. The van der Waals surface area contributed by atoms with E-state index in [1.54, 1.807) is 20.8 Å². The average molecular weight is 235 g/mol. The highest BCUT2D eigenvalue weighted by molar-refractivity contribution is 5.73. The van der Waals surface area contributed by atoms with Crippen LogP contribution in [0.4, 0.5) is 8.78 Å². The summed E-state index contributed by atoms with van der Waals surface area (Å²) in [4.78, 5) is 11.6. The molecule has 3 nitrogen and oxygen atoms in total. The van der Waals surface area contributed by atoms with Crippen LogP contribution in [-0.4, -0.2) is 23.5 Å². The lowest BCUT2D eigenvalue weighted by Gasteiger charge is -2.33. The smallest absolute Gasteiger partial charge is 0.309 e. The van der Waals surface area contributed by atoms with Gasteiger partial charge in [-0.3, -0.25) is 4.79 Å². The molecule has 0 bridgehead atoms. The fraction of sp³-hybridized carbons (Fsp3) is 0.909. The van der Waals surface area contributed by atoms with Gasteiger partial charge in [-0.1, -0.05) is 0 Å². The van der Waals surface area contributed by atoms with Crippen molar-refractivity contribution < 1.29 is 18.3 Å². The SMILES string of the molecule is CC(C)(C)OC(=O)C1CCC(N)C(F)(F)C1. The zero-order valence-electron chi connectivity index (χ0n) is 9.93. The van der Waals surface area contributed by atoms with Gasteiger partial charge in [0.25, 0.3) is 5.92 Å². The van der Waals surface area contributed by atoms with E-state index < -0.39 is 35.9 Å². The van der Waals surface area contributed by atoms with Crippen molar-refractivity contribution in [3.8, 4) is 0 Å². The fourth-order valence-electron chi connectivity index (χ4n) is 1.76. The second-order valence-electron chi connectivity index (χ2n) is 5.38. The molecule has 0 aliphatic heterocycles. The van der Waals surface area contributed by atoms with Crippen molar-refractivity contribution in [2.24, 2.45) is 11.7 Å². The Morgan fingerprint density at radius 1 is 1.38 bits per heavy atom. The van der Waals surface area contributed by atoms with E-state index in [0.717, 1.165) is 0 Å². The van der Waals surface area contributed by atoms with Crippen LogP contribution >= 0.6 is 0 Å². The van der Waals surface area contributed by atoms with Crippen molar-refractivity contribution >= 4 is 5.97 Å². The minimum Gasteiger partial charge on any atom is -0.460 e. The van der Waals surface area contributed by atoms with E-state index in [-0.39, 0.29) is 6.42 Å². The molecular formula is C11H19F2NO2. The highest BCUT2D eigenvalue weighted by Gasteiger charge is 2.46. The Hall–Kier alpha value is -0.710. The standard InChI is InChI=1S/C11H19F2NO2/c1-10(2,3)16-9(15)7-4-5-8(14)11(12,13)6-7/h7-8H,4-6,14H2,1-3H3. The second kappa shape index (κ2) is 4.28. The molecule has 1 aliphatic rings. The number of rotatable bonds is 1. The Balaban J connectivity index is 2.60. The van der Waals surface area contributed by atoms with Crippen molar-refractivity contribution in [3.05, 3.63) is 0 Å². The van der Waals surface area contributed by atoms with Gasteiger partial charge in [0.2, 0.25) is 0 Å². The van der Waals surface area contributed by atoms with Crippen LogP contribution in [0.2, 0.25) is 0 Å². The molecule has 16 heavy (non-hydrogen) atoms. The molecule has 0 amide bonds. The third-order valence-corrected chi connectivity index (χ3v) is 2.63. The minimum atomic E-state index is -2.96. The molecule has 0 aromatic heterocycles. The van der Waals surface area contributed by atoms with Crippen molar-refractivity contribution in [3.63, 3.8) is 0 Å². The van der Waals surface area contributed by atoms with E-state index in [2.05, 4.69) is 0 Å². The quantitative estimate of drug-likeness (QED) is 0.708. The van der Waals surface area contributed by atoms with E-state index in [0.29, 0.717) is 6.42 Å². The van der Waals surface area contributed by atoms with E-state index in [9.17, 15) is 13.6 Å². The zero-order chi connectivity index (χ0) is 12.6. The predicted molar refractivity (Wildman–Crippen MR) is 56.1 cm³/mol. The summed E-state index contributed by atoms with van der Waals surface area (Å²) in [6.07, 6.45) is 0.0473. The number of carbonyl (C=O) groups is 1. The van der Waals surface area contributed by atoms with Gasteiger partial charge in [0, 0.05) is 6.42 Å². The zero-order valence-corrected chi connectivity index (χ0v) is 9.93. The molecule has 2 atom stereocenters. The van der Waals surface area contributed by atoms with Crippen LogP contribution < -0.4 is 5.73 Å². The molecule has 1 saturated carbocycles. The highest BCUT2D eigenvalue weighted by atomic mass is 19.3. The summed E-state index contributed by atoms with van der Waals surface area (Å²) in [5.41, 5.74) is 4.67. The monoisotopic (exact) mass is 235 g/mol. The Morgan fingerprint density at radius 2 is 1.94 bits per heavy atom. The largest absolute Gasteiger partial charge is 0.460 e. The van der Waals surface area contributed by atoms with Gasteiger partial charge < -0.3 is 10.5 Å². The third-order valence-electron chi connectivity index (χ3n) is 2.63. The van der Waals surface area contributed by atoms with Crippen LogP contribution in [0.3, 0.4) is 0 Å². The van der Waals surface area contributed by atoms with Gasteiger partial charge in [-0.15, -0.1) is 0 Å². The van der Waals surface area contributed by atoms with Crippen molar-refractivity contribution in [2.75, 3.05) is 0 Å². The van der Waals surface area contributed by atoms with Gasteiger partial charge in [0.1, 0.15) is 5.60 Å². The van der Waals surface area contributed by atoms with Gasteiger partial charge in [-0.25, -0.2) is 8.78 Å². The molecular weight excluding hydrogens is 216 g/mol. The summed E-state index contributed by atoms with van der Waals surface area (Å²) in [5.74, 6) is -4.23. The number of esters is 1. The van der Waals surface area contributed by atoms with Gasteiger partial charge in [0.15, 0.2) is 0 Å². The Bertz CT molecular complexity index is 274. The molecule has 2 unspecified atom stereocenters. The Labute approximate surface area is 94.3 Å². The number of ether oxygens (including phenoxy) is 1. The van der Waals surface area contributed by atoms with E-state index in [1.165, 1.54) is 0 Å². The summed E-state index contributed by atoms with van der Waals surface area (Å²) >= 11 is 0. The molecule has 0 aromatic carbocycles. The highest BCUT2D eigenvalue weighted by Crippen LogP contribution is 2.36. The number of hydrogen-bond donors (Lipinski definition) is 1. The first kappa shape index (κ1) is 13.4. The van der Waals surface area contributed by atoms with Gasteiger partial charge in [-0.2, -0.15) is 0 Å². The Morgan fingerprint density at radius 3 is 2.38 bits per heavy atom. The van der Waals surface area contributed by atoms with Crippen molar-refractivity contribution in [2.45, 2.75) is 57.6 Å². The molecule has 0 saturated heterocycles. The van der Waals surface area contributed by atoms with Crippen LogP contribution in [0.1, 0.15) is 40.0 Å². The molecule has 0 radical (unpaired) electrons. The van der Waals surface area contributed by atoms with Crippen LogP contribution in [0.5, 0.6) is 0 Å². The number of halogens is 2. The maximum Gasteiger partial charge on any atom is 0.309 e. The number of alkyl halides is 2. The second-order valence-corrected chi connectivity index (χ2v) is 5.38. The molecule has 0 aromatic rings. The average Bonchev–Trinajstić information content (AvgIpc) is 2.06. The number of nitrogens with two attached hydrogens (primary N) is 1. The van der Waals surface area contributed by atoms with Crippen LogP contribution in [-0.2, 0) is 9.53 Å². The summed E-state index contributed by atoms with van der Waals surface area (Å²) in [7, 11) is 0. The van der Waals surface area contributed by atoms with E-state index in [4.69, 9.17) is 10.5 Å². The topological polar surface area (TPSA) is 52.3 Å². The molecule has 0 heterocycles. The molecule has 1 rings (SSSR count). The Kier molecular flexibility index (Phi) is 3.57. The fourth-order valence-corrected chi connectivity index (χ4v) is 1.76. The maximum atomic E-state index is 13.3. The normalized spacial score (nSPS) is 29.9. The van der Waals surface area contributed by atoms with Crippen LogP contribution in [0.25, 0.3) is 0 Å². The van der Waals surface area contributed by atoms with Gasteiger partial charge in [-0.05, 0) is 33.6 Å². The third kappa shape index (κ3) is 3.40. The molecule has 2 N–H and O–H groups in total.